The molecule has 12 nitrogen and oxygen atoms in total. The smallest absolute Gasteiger partial charge is 0.330 e. The van der Waals surface area contributed by atoms with Crippen molar-refractivity contribution in [2.75, 3.05) is 41.7 Å². The van der Waals surface area contributed by atoms with Crippen molar-refractivity contribution in [1.29, 1.82) is 0 Å². The molecule has 1 aliphatic heterocycles. The molecule has 0 aromatic heterocycles. The number of carbonyl (C=O) groups excluding carboxylic acids is 2. The van der Waals surface area contributed by atoms with E-state index in [1.165, 1.54) is 58.8 Å². The van der Waals surface area contributed by atoms with Gasteiger partial charge in [0, 0.05) is 17.7 Å². The standard InChI is InChI=1S/C40H40O12/c1-46-33-19-24(7-12-30(33)41)9-15-37(44)50-17-5-6-26-18-28-29(23-51-38(45)16-10-25-8-13-31(42)34(20-25)47-2)39(52-40(28)36(21-26)49-4)27-11-14-32(43)35(22-27)48-3/h7-16,18-22,29,39,41-43H,5-6,17,23H2,1-4H3/b15-9+,16-10+/t29-,39+/m1/s1. The molecule has 4 aromatic carbocycles. The molecule has 1 aliphatic rings. The molecule has 3 N–H and O–H groups in total. The lowest BCUT2D eigenvalue weighted by Gasteiger charge is -2.20. The van der Waals surface area contributed by atoms with Crippen LogP contribution in [0.1, 0.15) is 46.3 Å². The summed E-state index contributed by atoms with van der Waals surface area (Å²) in [5.41, 5.74) is 3.63. The molecular weight excluding hydrogens is 672 g/mol. The van der Waals surface area contributed by atoms with Gasteiger partial charge in [0.05, 0.1) is 41.0 Å². The Morgan fingerprint density at radius 2 is 1.21 bits per heavy atom. The molecule has 12 heteroatoms. The third-order valence-electron chi connectivity index (χ3n) is 8.40. The van der Waals surface area contributed by atoms with E-state index in [0.29, 0.717) is 46.8 Å². The number of ether oxygens (including phenoxy) is 7. The number of hydrogen-bond acceptors (Lipinski definition) is 12. The van der Waals surface area contributed by atoms with Gasteiger partial charge in [0.1, 0.15) is 12.7 Å². The van der Waals surface area contributed by atoms with Gasteiger partial charge in [0.2, 0.25) is 0 Å². The first-order chi connectivity index (χ1) is 25.1. The summed E-state index contributed by atoms with van der Waals surface area (Å²) in [6, 6.07) is 18.2. The van der Waals surface area contributed by atoms with Gasteiger partial charge < -0.3 is 48.5 Å². The van der Waals surface area contributed by atoms with Crippen LogP contribution in [0.4, 0.5) is 0 Å². The summed E-state index contributed by atoms with van der Waals surface area (Å²) in [4.78, 5) is 25.3. The first-order valence-electron chi connectivity index (χ1n) is 16.3. The predicted octanol–water partition coefficient (Wildman–Crippen LogP) is 6.50. The average Bonchev–Trinajstić information content (AvgIpc) is 3.53. The summed E-state index contributed by atoms with van der Waals surface area (Å²) < 4.78 is 38.9. The van der Waals surface area contributed by atoms with E-state index >= 15 is 0 Å². The lowest BCUT2D eigenvalue weighted by atomic mass is 9.90. The van der Waals surface area contributed by atoms with Gasteiger partial charge in [0.15, 0.2) is 46.0 Å². The minimum Gasteiger partial charge on any atom is -0.504 e. The monoisotopic (exact) mass is 712 g/mol. The van der Waals surface area contributed by atoms with E-state index in [0.717, 1.165) is 11.1 Å². The van der Waals surface area contributed by atoms with E-state index in [-0.39, 0.29) is 42.0 Å². The summed E-state index contributed by atoms with van der Waals surface area (Å²) in [6.45, 7) is 0.112. The van der Waals surface area contributed by atoms with Crippen LogP contribution in [0.25, 0.3) is 12.2 Å². The lowest BCUT2D eigenvalue weighted by molar-refractivity contribution is -0.139. The van der Waals surface area contributed by atoms with E-state index in [9.17, 15) is 24.9 Å². The molecule has 1 heterocycles. The molecule has 2 atom stereocenters. The number of aromatic hydroxyl groups is 3. The minimum atomic E-state index is -0.618. The Balaban J connectivity index is 1.30. The van der Waals surface area contributed by atoms with Crippen molar-refractivity contribution < 1.29 is 58.1 Å². The number of hydrogen-bond donors (Lipinski definition) is 3. The number of phenolic OH excluding ortho intramolecular Hbond substituents is 3. The number of methoxy groups -OCH3 is 4. The maximum absolute atomic E-state index is 12.9. The largest absolute Gasteiger partial charge is 0.504 e. The number of benzene rings is 4. The third kappa shape index (κ3) is 8.88. The fourth-order valence-electron chi connectivity index (χ4n) is 5.74. The van der Waals surface area contributed by atoms with Crippen molar-refractivity contribution in [1.82, 2.24) is 0 Å². The van der Waals surface area contributed by atoms with Crippen LogP contribution >= 0.6 is 0 Å². The van der Waals surface area contributed by atoms with Crippen LogP contribution in [0.3, 0.4) is 0 Å². The topological polar surface area (TPSA) is 159 Å². The Hall–Kier alpha value is -6.30. The molecule has 4 aromatic rings. The maximum Gasteiger partial charge on any atom is 0.330 e. The maximum atomic E-state index is 12.9. The van der Waals surface area contributed by atoms with Gasteiger partial charge >= 0.3 is 11.9 Å². The molecule has 0 saturated heterocycles. The van der Waals surface area contributed by atoms with Crippen molar-refractivity contribution in [3.8, 4) is 46.0 Å². The summed E-state index contributed by atoms with van der Waals surface area (Å²) in [5, 5.41) is 29.9. The highest BCUT2D eigenvalue weighted by Gasteiger charge is 2.39. The fourth-order valence-corrected chi connectivity index (χ4v) is 5.74. The molecular formula is C40H40O12. The highest BCUT2D eigenvalue weighted by molar-refractivity contribution is 5.87. The molecule has 52 heavy (non-hydrogen) atoms. The molecule has 0 saturated carbocycles. The van der Waals surface area contributed by atoms with Gasteiger partial charge in [-0.3, -0.25) is 0 Å². The summed E-state index contributed by atoms with van der Waals surface area (Å²) in [6.07, 6.45) is 6.16. The SMILES string of the molecule is COc1cc(/C=C/C(=O)OCCCc2cc(OC)c3c(c2)[C@@H](COC(=O)/C=C/c2ccc(O)c(OC)c2)[C@H](c2ccc(O)c(OC)c2)O3)ccc1O. The van der Waals surface area contributed by atoms with Crippen LogP contribution in [0.15, 0.2) is 78.9 Å². The van der Waals surface area contributed by atoms with Gasteiger partial charge in [-0.15, -0.1) is 0 Å². The van der Waals surface area contributed by atoms with Crippen molar-refractivity contribution in [2.24, 2.45) is 0 Å². The van der Waals surface area contributed by atoms with E-state index in [1.54, 1.807) is 48.6 Å². The van der Waals surface area contributed by atoms with Crippen LogP contribution in [-0.2, 0) is 25.5 Å². The van der Waals surface area contributed by atoms with E-state index in [4.69, 9.17) is 33.2 Å². The molecule has 0 spiro atoms. The van der Waals surface area contributed by atoms with Crippen LogP contribution < -0.4 is 23.7 Å². The van der Waals surface area contributed by atoms with E-state index < -0.39 is 24.0 Å². The summed E-state index contributed by atoms with van der Waals surface area (Å²) in [5.74, 6) is 0.199. The van der Waals surface area contributed by atoms with E-state index in [2.05, 4.69) is 0 Å². The second kappa shape index (κ2) is 17.1. The minimum absolute atomic E-state index is 0.00112. The van der Waals surface area contributed by atoms with Gasteiger partial charge in [-0.1, -0.05) is 24.3 Å². The first-order valence-corrected chi connectivity index (χ1v) is 16.3. The number of phenols is 3. The normalized spacial score (nSPS) is 14.8. The van der Waals surface area contributed by atoms with Crippen molar-refractivity contribution in [2.45, 2.75) is 24.9 Å². The Morgan fingerprint density at radius 3 is 1.79 bits per heavy atom. The second-order valence-corrected chi connectivity index (χ2v) is 11.7. The Kier molecular flexibility index (Phi) is 12.1. The van der Waals surface area contributed by atoms with Crippen LogP contribution in [-0.4, -0.2) is 68.9 Å². The highest BCUT2D eigenvalue weighted by atomic mass is 16.5. The van der Waals surface area contributed by atoms with Crippen LogP contribution in [0.2, 0.25) is 0 Å². The Morgan fingerprint density at radius 1 is 0.673 bits per heavy atom. The van der Waals surface area contributed by atoms with Crippen molar-refractivity contribution in [3.05, 3.63) is 107 Å². The number of esters is 2. The van der Waals surface area contributed by atoms with Crippen molar-refractivity contribution >= 4 is 24.1 Å². The summed E-state index contributed by atoms with van der Waals surface area (Å²) in [7, 11) is 5.87. The Bertz CT molecular complexity index is 1960. The lowest BCUT2D eigenvalue weighted by Crippen LogP contribution is -2.17. The number of fused-ring (bicyclic) bond motifs is 1. The zero-order chi connectivity index (χ0) is 37.2. The van der Waals surface area contributed by atoms with Gasteiger partial charge in [0.25, 0.3) is 0 Å². The predicted molar refractivity (Wildman–Crippen MR) is 191 cm³/mol. The van der Waals surface area contributed by atoms with Gasteiger partial charge in [-0.05, 0) is 89.7 Å². The van der Waals surface area contributed by atoms with Gasteiger partial charge in [-0.2, -0.15) is 0 Å². The first kappa shape index (κ1) is 37.0. The molecule has 0 radical (unpaired) electrons. The van der Waals surface area contributed by atoms with Crippen LogP contribution in [0, 0.1) is 0 Å². The number of aryl methyl sites for hydroxylation is 1. The summed E-state index contributed by atoms with van der Waals surface area (Å²) >= 11 is 0. The molecule has 0 aliphatic carbocycles. The molecule has 0 bridgehead atoms. The quantitative estimate of drug-likeness (QED) is 0.0699. The van der Waals surface area contributed by atoms with E-state index in [1.807, 2.05) is 12.1 Å². The highest BCUT2D eigenvalue weighted by Crippen LogP contribution is 2.52. The molecule has 0 fully saturated rings. The average molecular weight is 713 g/mol. The zero-order valence-corrected chi connectivity index (χ0v) is 29.2. The zero-order valence-electron chi connectivity index (χ0n) is 29.2. The fraction of sp³-hybridized carbons (Fsp3) is 0.250. The Labute approximate surface area is 301 Å². The second-order valence-electron chi connectivity index (χ2n) is 11.7. The number of rotatable bonds is 15. The third-order valence-corrected chi connectivity index (χ3v) is 8.40. The van der Waals surface area contributed by atoms with Crippen LogP contribution in [0.5, 0.6) is 46.0 Å². The molecule has 0 unspecified atom stereocenters. The molecule has 272 valence electrons. The van der Waals surface area contributed by atoms with Gasteiger partial charge in [-0.25, -0.2) is 9.59 Å². The number of carbonyl (C=O) groups is 2. The molecule has 0 amide bonds. The molecule has 5 rings (SSSR count). The van der Waals surface area contributed by atoms with Crippen molar-refractivity contribution in [3.63, 3.8) is 0 Å².